The number of carbonyl (C=O) groups excluding carboxylic acids is 2. The maximum absolute atomic E-state index is 12.5. The minimum atomic E-state index is -0.790. The summed E-state index contributed by atoms with van der Waals surface area (Å²) in [6.07, 6.45) is 4.23. The normalized spacial score (nSPS) is 14.5. The van der Waals surface area contributed by atoms with Crippen molar-refractivity contribution in [1.82, 2.24) is 4.57 Å². The second kappa shape index (κ2) is 5.79. The number of hydrogen-bond donors (Lipinski definition) is 0. The lowest BCUT2D eigenvalue weighted by atomic mass is 10.0. The van der Waals surface area contributed by atoms with Gasteiger partial charge < -0.3 is 9.30 Å². The SMILES string of the molecule is C[C@H](OC(=O)c1cccn1C)C(=O)c1ccc2c(c1)CCC2. The quantitative estimate of drug-likeness (QED) is 0.644. The van der Waals surface area contributed by atoms with Gasteiger partial charge in [0.15, 0.2) is 6.10 Å². The van der Waals surface area contributed by atoms with Crippen molar-refractivity contribution in [2.45, 2.75) is 32.3 Å². The molecule has 1 aliphatic rings. The van der Waals surface area contributed by atoms with Crippen LogP contribution in [0.3, 0.4) is 0 Å². The first kappa shape index (κ1) is 14.6. The zero-order valence-corrected chi connectivity index (χ0v) is 12.8. The number of rotatable bonds is 4. The molecule has 4 nitrogen and oxygen atoms in total. The number of aromatic nitrogens is 1. The second-order valence-corrected chi connectivity index (χ2v) is 5.75. The Morgan fingerprint density at radius 2 is 1.95 bits per heavy atom. The van der Waals surface area contributed by atoms with E-state index in [4.69, 9.17) is 4.74 Å². The summed E-state index contributed by atoms with van der Waals surface area (Å²) in [7, 11) is 1.77. The van der Waals surface area contributed by atoms with Crippen LogP contribution in [0.15, 0.2) is 36.5 Å². The molecule has 2 aromatic rings. The van der Waals surface area contributed by atoms with E-state index in [0.29, 0.717) is 11.3 Å². The van der Waals surface area contributed by atoms with Crippen LogP contribution in [0.25, 0.3) is 0 Å². The van der Waals surface area contributed by atoms with Gasteiger partial charge in [0, 0.05) is 18.8 Å². The van der Waals surface area contributed by atoms with E-state index in [0.717, 1.165) is 19.3 Å². The molecular formula is C18H19NO3. The van der Waals surface area contributed by atoms with Gasteiger partial charge in [-0.05, 0) is 55.5 Å². The first-order chi connectivity index (χ1) is 10.6. The standard InChI is InChI=1S/C18H19NO3/c1-12(22-18(21)16-7-4-10-19(16)2)17(20)15-9-8-13-5-3-6-14(13)11-15/h4,7-12H,3,5-6H2,1-2H3/t12-/m0/s1. The van der Waals surface area contributed by atoms with Gasteiger partial charge in [0.1, 0.15) is 5.69 Å². The highest BCUT2D eigenvalue weighted by atomic mass is 16.5. The van der Waals surface area contributed by atoms with Gasteiger partial charge in [-0.15, -0.1) is 0 Å². The van der Waals surface area contributed by atoms with Crippen LogP contribution in [0.1, 0.15) is 45.3 Å². The number of fused-ring (bicyclic) bond motifs is 1. The Balaban J connectivity index is 1.72. The van der Waals surface area contributed by atoms with Gasteiger partial charge in [-0.25, -0.2) is 4.79 Å². The summed E-state index contributed by atoms with van der Waals surface area (Å²) in [5.74, 6) is -0.633. The Hall–Kier alpha value is -2.36. The summed E-state index contributed by atoms with van der Waals surface area (Å²) in [6, 6.07) is 9.23. The molecule has 0 bridgehead atoms. The fourth-order valence-corrected chi connectivity index (χ4v) is 2.91. The maximum Gasteiger partial charge on any atom is 0.355 e. The third kappa shape index (κ3) is 2.69. The Morgan fingerprint density at radius 1 is 1.18 bits per heavy atom. The summed E-state index contributed by atoms with van der Waals surface area (Å²) < 4.78 is 6.98. The molecule has 0 saturated heterocycles. The van der Waals surface area contributed by atoms with Gasteiger partial charge >= 0.3 is 5.97 Å². The molecule has 1 aromatic heterocycles. The number of aryl methyl sites for hydroxylation is 3. The molecule has 3 rings (SSSR count). The molecule has 22 heavy (non-hydrogen) atoms. The van der Waals surface area contributed by atoms with E-state index in [9.17, 15) is 9.59 Å². The molecule has 0 radical (unpaired) electrons. The molecule has 114 valence electrons. The number of ketones is 1. The average molecular weight is 297 g/mol. The van der Waals surface area contributed by atoms with Gasteiger partial charge in [-0.2, -0.15) is 0 Å². The Labute approximate surface area is 129 Å². The summed E-state index contributed by atoms with van der Waals surface area (Å²) in [6.45, 7) is 1.62. The fourth-order valence-electron chi connectivity index (χ4n) is 2.91. The van der Waals surface area contributed by atoms with Gasteiger partial charge in [0.25, 0.3) is 0 Å². The number of esters is 1. The van der Waals surface area contributed by atoms with Gasteiger partial charge in [-0.3, -0.25) is 4.79 Å². The van der Waals surface area contributed by atoms with E-state index < -0.39 is 12.1 Å². The van der Waals surface area contributed by atoms with Crippen molar-refractivity contribution in [2.75, 3.05) is 0 Å². The number of benzene rings is 1. The molecule has 1 aliphatic carbocycles. The summed E-state index contributed by atoms with van der Waals surface area (Å²) >= 11 is 0. The molecule has 4 heteroatoms. The topological polar surface area (TPSA) is 48.3 Å². The third-order valence-corrected chi connectivity index (χ3v) is 4.19. The molecule has 1 heterocycles. The molecule has 0 spiro atoms. The number of ether oxygens (including phenoxy) is 1. The Morgan fingerprint density at radius 3 is 2.68 bits per heavy atom. The zero-order chi connectivity index (χ0) is 15.7. The molecule has 0 N–H and O–H groups in total. The lowest BCUT2D eigenvalue weighted by Crippen LogP contribution is -2.25. The van der Waals surface area contributed by atoms with Crippen LogP contribution in [-0.2, 0) is 24.6 Å². The largest absolute Gasteiger partial charge is 0.450 e. The van der Waals surface area contributed by atoms with Crippen LogP contribution < -0.4 is 0 Å². The first-order valence-electron chi connectivity index (χ1n) is 7.54. The average Bonchev–Trinajstić information content (AvgIpc) is 3.13. The predicted molar refractivity (Wildman–Crippen MR) is 83.1 cm³/mol. The number of carbonyl (C=O) groups is 2. The number of Topliss-reactive ketones (excluding diaryl/α,β-unsaturated/α-hetero) is 1. The molecule has 0 fully saturated rings. The monoisotopic (exact) mass is 297 g/mol. The lowest BCUT2D eigenvalue weighted by molar-refractivity contribution is 0.0309. The smallest absolute Gasteiger partial charge is 0.355 e. The highest BCUT2D eigenvalue weighted by Gasteiger charge is 2.23. The molecule has 0 unspecified atom stereocenters. The summed E-state index contributed by atoms with van der Waals surface area (Å²) in [5, 5.41) is 0. The van der Waals surface area contributed by atoms with Crippen LogP contribution in [0.4, 0.5) is 0 Å². The van der Waals surface area contributed by atoms with E-state index in [1.54, 1.807) is 36.9 Å². The maximum atomic E-state index is 12.5. The third-order valence-electron chi connectivity index (χ3n) is 4.19. The number of nitrogens with zero attached hydrogens (tertiary/aromatic N) is 1. The minimum absolute atomic E-state index is 0.155. The van der Waals surface area contributed by atoms with Crippen molar-refractivity contribution in [2.24, 2.45) is 7.05 Å². The minimum Gasteiger partial charge on any atom is -0.450 e. The van der Waals surface area contributed by atoms with Crippen LogP contribution in [0.5, 0.6) is 0 Å². The molecule has 1 atom stereocenters. The molecule has 0 aliphatic heterocycles. The van der Waals surface area contributed by atoms with Crippen molar-refractivity contribution >= 4 is 11.8 Å². The highest BCUT2D eigenvalue weighted by Crippen LogP contribution is 2.23. The van der Waals surface area contributed by atoms with E-state index in [1.165, 1.54) is 11.1 Å². The second-order valence-electron chi connectivity index (χ2n) is 5.75. The predicted octanol–water partition coefficient (Wildman–Crippen LogP) is 2.94. The van der Waals surface area contributed by atoms with E-state index in [1.807, 2.05) is 18.2 Å². The van der Waals surface area contributed by atoms with Crippen LogP contribution in [-0.4, -0.2) is 22.4 Å². The van der Waals surface area contributed by atoms with Gasteiger partial charge in [0.05, 0.1) is 0 Å². The highest BCUT2D eigenvalue weighted by molar-refractivity contribution is 6.01. The first-order valence-corrected chi connectivity index (χ1v) is 7.54. The van der Waals surface area contributed by atoms with E-state index in [-0.39, 0.29) is 5.78 Å². The van der Waals surface area contributed by atoms with Crippen molar-refractivity contribution in [3.8, 4) is 0 Å². The van der Waals surface area contributed by atoms with Gasteiger partial charge in [-0.1, -0.05) is 12.1 Å². The summed E-state index contributed by atoms with van der Waals surface area (Å²) in [4.78, 5) is 24.5. The zero-order valence-electron chi connectivity index (χ0n) is 12.8. The van der Waals surface area contributed by atoms with Crippen LogP contribution >= 0.6 is 0 Å². The molecule has 1 aromatic carbocycles. The van der Waals surface area contributed by atoms with Crippen molar-refractivity contribution in [1.29, 1.82) is 0 Å². The van der Waals surface area contributed by atoms with E-state index >= 15 is 0 Å². The van der Waals surface area contributed by atoms with Gasteiger partial charge in [0.2, 0.25) is 5.78 Å². The van der Waals surface area contributed by atoms with Crippen molar-refractivity contribution in [3.63, 3.8) is 0 Å². The van der Waals surface area contributed by atoms with Crippen molar-refractivity contribution in [3.05, 3.63) is 58.9 Å². The van der Waals surface area contributed by atoms with Crippen molar-refractivity contribution < 1.29 is 14.3 Å². The number of hydrogen-bond acceptors (Lipinski definition) is 3. The fraction of sp³-hybridized carbons (Fsp3) is 0.333. The Bertz CT molecular complexity index is 730. The lowest BCUT2D eigenvalue weighted by Gasteiger charge is -2.13. The molecule has 0 amide bonds. The van der Waals surface area contributed by atoms with E-state index in [2.05, 4.69) is 0 Å². The Kier molecular flexibility index (Phi) is 3.84. The molecule has 0 saturated carbocycles. The van der Waals surface area contributed by atoms with Crippen LogP contribution in [0.2, 0.25) is 0 Å². The molecular weight excluding hydrogens is 278 g/mol. The van der Waals surface area contributed by atoms with Crippen LogP contribution in [0, 0.1) is 0 Å². The summed E-state index contributed by atoms with van der Waals surface area (Å²) in [5.41, 5.74) is 3.62.